The maximum atomic E-state index is 12.7. The lowest BCUT2D eigenvalue weighted by Crippen LogP contribution is -2.35. The summed E-state index contributed by atoms with van der Waals surface area (Å²) in [4.78, 5) is 23.3. The van der Waals surface area contributed by atoms with Crippen LogP contribution in [-0.4, -0.2) is 70.7 Å². The minimum absolute atomic E-state index is 0.0704. The third-order valence-corrected chi connectivity index (χ3v) is 4.49. The van der Waals surface area contributed by atoms with Crippen molar-refractivity contribution < 1.29 is 4.79 Å². The van der Waals surface area contributed by atoms with E-state index in [1.807, 2.05) is 60.2 Å². The Morgan fingerprint density at radius 2 is 2.00 bits per heavy atom. The fourth-order valence-electron chi connectivity index (χ4n) is 3.10. The highest BCUT2D eigenvalue weighted by Crippen LogP contribution is 2.13. The van der Waals surface area contributed by atoms with E-state index in [9.17, 15) is 4.79 Å². The van der Waals surface area contributed by atoms with Gasteiger partial charge in [0.1, 0.15) is 5.82 Å². The second-order valence-corrected chi connectivity index (χ2v) is 6.74. The number of aromatic nitrogens is 3. The Morgan fingerprint density at radius 3 is 2.64 bits per heavy atom. The quantitative estimate of drug-likeness (QED) is 0.836. The molecule has 2 aromatic heterocycles. The second-order valence-electron chi connectivity index (χ2n) is 6.74. The van der Waals surface area contributed by atoms with Crippen molar-refractivity contribution in [1.82, 2.24) is 24.6 Å². The molecule has 0 aliphatic carbocycles. The van der Waals surface area contributed by atoms with Gasteiger partial charge in [-0.25, -0.2) is 4.98 Å². The Bertz CT molecular complexity index is 709. The van der Waals surface area contributed by atoms with Crippen LogP contribution in [0.3, 0.4) is 0 Å². The average Bonchev–Trinajstić information content (AvgIpc) is 2.87. The lowest BCUT2D eigenvalue weighted by atomic mass is 10.2. The zero-order valence-corrected chi connectivity index (χ0v) is 15.2. The molecule has 1 fully saturated rings. The number of aryl methyl sites for hydroxylation is 1. The van der Waals surface area contributed by atoms with Crippen molar-refractivity contribution in [3.05, 3.63) is 41.9 Å². The van der Waals surface area contributed by atoms with Gasteiger partial charge >= 0.3 is 0 Å². The molecule has 0 unspecified atom stereocenters. The van der Waals surface area contributed by atoms with E-state index in [0.717, 1.165) is 45.0 Å². The normalized spacial score (nSPS) is 15.9. The fourth-order valence-corrected chi connectivity index (χ4v) is 3.10. The predicted octanol–water partition coefficient (Wildman–Crippen LogP) is 1.23. The molecule has 0 atom stereocenters. The highest BCUT2D eigenvalue weighted by Gasteiger charge is 2.21. The molecule has 3 rings (SSSR count). The lowest BCUT2D eigenvalue weighted by molar-refractivity contribution is 0.0760. The first-order valence-electron chi connectivity index (χ1n) is 8.65. The van der Waals surface area contributed by atoms with Gasteiger partial charge in [-0.05, 0) is 18.6 Å². The van der Waals surface area contributed by atoms with Crippen LogP contribution in [0.1, 0.15) is 22.3 Å². The van der Waals surface area contributed by atoms with Gasteiger partial charge in [0.2, 0.25) is 0 Å². The number of anilines is 1. The number of amides is 1. The molecule has 1 saturated heterocycles. The smallest absolute Gasteiger partial charge is 0.255 e. The topological polar surface area (TPSA) is 57.5 Å². The van der Waals surface area contributed by atoms with Crippen molar-refractivity contribution >= 4 is 11.7 Å². The fraction of sp³-hybridized carbons (Fsp3) is 0.500. The number of pyridine rings is 1. The monoisotopic (exact) mass is 342 g/mol. The molecule has 1 amide bonds. The maximum absolute atomic E-state index is 12.7. The molecule has 0 saturated carbocycles. The summed E-state index contributed by atoms with van der Waals surface area (Å²) in [5.41, 5.74) is 1.87. The third-order valence-electron chi connectivity index (χ3n) is 4.49. The van der Waals surface area contributed by atoms with E-state index in [0.29, 0.717) is 5.56 Å². The maximum Gasteiger partial charge on any atom is 0.255 e. The van der Waals surface area contributed by atoms with Crippen LogP contribution in [0, 0.1) is 0 Å². The predicted molar refractivity (Wildman–Crippen MR) is 97.6 cm³/mol. The first kappa shape index (κ1) is 17.4. The zero-order chi connectivity index (χ0) is 17.8. The summed E-state index contributed by atoms with van der Waals surface area (Å²) in [6, 6.07) is 3.75. The number of hydrogen-bond donors (Lipinski definition) is 0. The Kier molecular flexibility index (Phi) is 5.33. The summed E-state index contributed by atoms with van der Waals surface area (Å²) in [7, 11) is 5.81. The SMILES string of the molecule is CN(C)c1ccc(C(=O)N2CCCN(Cc3cnn(C)c3)CC2)cn1. The Labute approximate surface area is 148 Å². The largest absolute Gasteiger partial charge is 0.363 e. The van der Waals surface area contributed by atoms with Gasteiger partial charge in [0.15, 0.2) is 0 Å². The minimum atomic E-state index is 0.0704. The Morgan fingerprint density at radius 1 is 1.16 bits per heavy atom. The van der Waals surface area contributed by atoms with E-state index >= 15 is 0 Å². The minimum Gasteiger partial charge on any atom is -0.363 e. The van der Waals surface area contributed by atoms with E-state index in [2.05, 4.69) is 15.0 Å². The van der Waals surface area contributed by atoms with Crippen molar-refractivity contribution in [2.24, 2.45) is 7.05 Å². The summed E-state index contributed by atoms with van der Waals surface area (Å²) in [5.74, 6) is 0.927. The molecule has 1 aliphatic heterocycles. The molecule has 7 nitrogen and oxygen atoms in total. The molecular weight excluding hydrogens is 316 g/mol. The molecule has 0 spiro atoms. The third kappa shape index (κ3) is 4.36. The molecule has 0 radical (unpaired) electrons. The number of rotatable bonds is 4. The van der Waals surface area contributed by atoms with Crippen LogP contribution < -0.4 is 4.90 Å². The van der Waals surface area contributed by atoms with Crippen molar-refractivity contribution in [3.8, 4) is 0 Å². The molecule has 0 N–H and O–H groups in total. The molecule has 1 aliphatic rings. The number of carbonyl (C=O) groups is 1. The van der Waals surface area contributed by atoms with Crippen LogP contribution in [0.5, 0.6) is 0 Å². The number of nitrogens with zero attached hydrogens (tertiary/aromatic N) is 6. The van der Waals surface area contributed by atoms with E-state index in [1.165, 1.54) is 5.56 Å². The van der Waals surface area contributed by atoms with Crippen LogP contribution in [-0.2, 0) is 13.6 Å². The van der Waals surface area contributed by atoms with E-state index in [-0.39, 0.29) is 5.91 Å². The lowest BCUT2D eigenvalue weighted by Gasteiger charge is -2.22. The van der Waals surface area contributed by atoms with Gasteiger partial charge in [0.25, 0.3) is 5.91 Å². The van der Waals surface area contributed by atoms with Gasteiger partial charge < -0.3 is 9.80 Å². The summed E-state index contributed by atoms with van der Waals surface area (Å²) < 4.78 is 1.83. The van der Waals surface area contributed by atoms with Gasteiger partial charge in [0.05, 0.1) is 11.8 Å². The molecule has 7 heteroatoms. The van der Waals surface area contributed by atoms with Crippen LogP contribution in [0.25, 0.3) is 0 Å². The summed E-state index contributed by atoms with van der Waals surface area (Å²) in [6.45, 7) is 4.29. The molecule has 0 aromatic carbocycles. The summed E-state index contributed by atoms with van der Waals surface area (Å²) in [5, 5.41) is 4.22. The highest BCUT2D eigenvalue weighted by molar-refractivity contribution is 5.94. The van der Waals surface area contributed by atoms with Crippen molar-refractivity contribution in [2.45, 2.75) is 13.0 Å². The molecule has 3 heterocycles. The molecule has 0 bridgehead atoms. The molecule has 134 valence electrons. The molecule has 2 aromatic rings. The van der Waals surface area contributed by atoms with E-state index < -0.39 is 0 Å². The molecule has 25 heavy (non-hydrogen) atoms. The zero-order valence-electron chi connectivity index (χ0n) is 15.2. The van der Waals surface area contributed by atoms with Crippen LogP contribution >= 0.6 is 0 Å². The second kappa shape index (κ2) is 7.65. The van der Waals surface area contributed by atoms with Gasteiger partial charge in [-0.2, -0.15) is 5.10 Å². The van der Waals surface area contributed by atoms with Gasteiger partial charge in [-0.15, -0.1) is 0 Å². The van der Waals surface area contributed by atoms with E-state index in [1.54, 1.807) is 6.20 Å². The van der Waals surface area contributed by atoms with Gasteiger partial charge in [-0.1, -0.05) is 0 Å². The van der Waals surface area contributed by atoms with Crippen molar-refractivity contribution in [3.63, 3.8) is 0 Å². The Balaban J connectivity index is 1.59. The van der Waals surface area contributed by atoms with Crippen molar-refractivity contribution in [1.29, 1.82) is 0 Å². The summed E-state index contributed by atoms with van der Waals surface area (Å²) >= 11 is 0. The summed E-state index contributed by atoms with van der Waals surface area (Å²) in [6.07, 6.45) is 6.61. The number of hydrogen-bond acceptors (Lipinski definition) is 5. The first-order chi connectivity index (χ1) is 12.0. The standard InChI is InChI=1S/C18H26N6O/c1-21(2)17-6-5-16(12-19-17)18(25)24-8-4-7-23(9-10-24)14-15-11-20-22(3)13-15/h5-6,11-13H,4,7-10,14H2,1-3H3. The first-order valence-corrected chi connectivity index (χ1v) is 8.65. The number of carbonyl (C=O) groups excluding carboxylic acids is 1. The Hall–Kier alpha value is -2.41. The average molecular weight is 342 g/mol. The van der Waals surface area contributed by atoms with Gasteiger partial charge in [0, 0.05) is 71.8 Å². The van der Waals surface area contributed by atoms with Crippen molar-refractivity contribution in [2.75, 3.05) is 45.2 Å². The highest BCUT2D eigenvalue weighted by atomic mass is 16.2. The molecular formula is C18H26N6O. The van der Waals surface area contributed by atoms with E-state index in [4.69, 9.17) is 0 Å². The van der Waals surface area contributed by atoms with Crippen LogP contribution in [0.15, 0.2) is 30.7 Å². The van der Waals surface area contributed by atoms with Gasteiger partial charge in [-0.3, -0.25) is 14.4 Å². The van der Waals surface area contributed by atoms with Crippen LogP contribution in [0.4, 0.5) is 5.82 Å². The van der Waals surface area contributed by atoms with Crippen LogP contribution in [0.2, 0.25) is 0 Å².